The molecule has 6 nitrogen and oxygen atoms in total. The second-order valence-corrected chi connectivity index (χ2v) is 5.93. The number of piperazine rings is 1. The van der Waals surface area contributed by atoms with E-state index in [0.29, 0.717) is 5.56 Å². The van der Waals surface area contributed by atoms with E-state index in [4.69, 9.17) is 5.11 Å². The fourth-order valence-electron chi connectivity index (χ4n) is 2.39. The molecule has 0 atom stereocenters. The maximum Gasteiger partial charge on any atom is 0.336 e. The lowest BCUT2D eigenvalue weighted by Crippen LogP contribution is -2.46. The van der Waals surface area contributed by atoms with Gasteiger partial charge < -0.3 is 10.0 Å². The van der Waals surface area contributed by atoms with E-state index in [1.54, 1.807) is 30.0 Å². The van der Waals surface area contributed by atoms with Crippen molar-refractivity contribution in [2.75, 3.05) is 31.1 Å². The maximum atomic E-state index is 10.9. The molecule has 1 N–H and O–H groups in total. The van der Waals surface area contributed by atoms with E-state index in [1.807, 2.05) is 0 Å². The van der Waals surface area contributed by atoms with Crippen molar-refractivity contribution in [1.29, 1.82) is 0 Å². The number of hydrogen-bond acceptors (Lipinski definition) is 6. The maximum absolute atomic E-state index is 10.9. The predicted molar refractivity (Wildman–Crippen MR) is 80.8 cm³/mol. The van der Waals surface area contributed by atoms with Gasteiger partial charge in [-0.05, 0) is 6.07 Å². The molecule has 0 amide bonds. The molecule has 0 unspecified atom stereocenters. The molecule has 1 fully saturated rings. The molecular formula is C14H16N4O2S. The van der Waals surface area contributed by atoms with Gasteiger partial charge in [0.2, 0.25) is 0 Å². The average Bonchev–Trinajstić information content (AvgIpc) is 2.98. The van der Waals surface area contributed by atoms with E-state index in [9.17, 15) is 4.79 Å². The normalized spacial score (nSPS) is 16.1. The number of carboxylic acids is 1. The summed E-state index contributed by atoms with van der Waals surface area (Å²) in [7, 11) is 0. The van der Waals surface area contributed by atoms with Crippen LogP contribution in [0.1, 0.15) is 15.2 Å². The minimum Gasteiger partial charge on any atom is -0.478 e. The summed E-state index contributed by atoms with van der Waals surface area (Å²) in [5.41, 5.74) is 0.383. The summed E-state index contributed by atoms with van der Waals surface area (Å²) in [6, 6.07) is 1.77. The molecule has 3 heterocycles. The third kappa shape index (κ3) is 3.37. The third-order valence-electron chi connectivity index (χ3n) is 3.53. The lowest BCUT2D eigenvalue weighted by Gasteiger charge is -2.34. The van der Waals surface area contributed by atoms with Crippen molar-refractivity contribution in [3.05, 3.63) is 40.5 Å². The molecule has 2 aromatic rings. The molecule has 1 saturated heterocycles. The van der Waals surface area contributed by atoms with Gasteiger partial charge in [0, 0.05) is 55.4 Å². The Bertz CT molecular complexity index is 608. The van der Waals surface area contributed by atoms with Gasteiger partial charge in [-0.15, -0.1) is 11.3 Å². The molecule has 0 bridgehead atoms. The fraction of sp³-hybridized carbons (Fsp3) is 0.357. The zero-order valence-electron chi connectivity index (χ0n) is 11.5. The van der Waals surface area contributed by atoms with E-state index in [2.05, 4.69) is 19.8 Å². The van der Waals surface area contributed by atoms with Gasteiger partial charge in [-0.25, -0.2) is 9.78 Å². The summed E-state index contributed by atoms with van der Waals surface area (Å²) in [6.45, 7) is 4.52. The number of carboxylic acid groups (broad SMARTS) is 1. The van der Waals surface area contributed by atoms with Gasteiger partial charge in [-0.3, -0.25) is 9.88 Å². The zero-order chi connectivity index (χ0) is 14.7. The smallest absolute Gasteiger partial charge is 0.336 e. The first-order valence-corrected chi connectivity index (χ1v) is 7.64. The largest absolute Gasteiger partial charge is 0.478 e. The number of aromatic nitrogens is 2. The standard InChI is InChI=1S/C14H16N4O2S/c19-14(20)11-7-12(21-10-11)9-17-3-5-18(6-4-17)13-8-15-1-2-16-13/h1-2,7-8,10H,3-6,9H2,(H,19,20). The molecule has 0 radical (unpaired) electrons. The SMILES string of the molecule is O=C(O)c1csc(CN2CCN(c3cnccn3)CC2)c1. The van der Waals surface area contributed by atoms with Crippen LogP contribution >= 0.6 is 11.3 Å². The Morgan fingerprint density at radius 2 is 2.10 bits per heavy atom. The molecule has 21 heavy (non-hydrogen) atoms. The van der Waals surface area contributed by atoms with Crippen molar-refractivity contribution in [1.82, 2.24) is 14.9 Å². The van der Waals surface area contributed by atoms with Gasteiger partial charge in [0.05, 0.1) is 11.8 Å². The number of nitrogens with zero attached hydrogens (tertiary/aromatic N) is 4. The van der Waals surface area contributed by atoms with Crippen molar-refractivity contribution in [2.24, 2.45) is 0 Å². The number of aromatic carboxylic acids is 1. The topological polar surface area (TPSA) is 69.6 Å². The van der Waals surface area contributed by atoms with Crippen LogP contribution in [0.15, 0.2) is 30.0 Å². The summed E-state index contributed by atoms with van der Waals surface area (Å²) < 4.78 is 0. The summed E-state index contributed by atoms with van der Waals surface area (Å²) in [4.78, 5) is 24.9. The van der Waals surface area contributed by atoms with E-state index in [-0.39, 0.29) is 0 Å². The van der Waals surface area contributed by atoms with Gasteiger partial charge >= 0.3 is 5.97 Å². The van der Waals surface area contributed by atoms with Gasteiger partial charge in [-0.2, -0.15) is 0 Å². The van der Waals surface area contributed by atoms with Crippen LogP contribution in [-0.4, -0.2) is 52.1 Å². The molecule has 7 heteroatoms. The molecule has 3 rings (SSSR count). The number of carbonyl (C=O) groups is 1. The summed E-state index contributed by atoms with van der Waals surface area (Å²) >= 11 is 1.51. The minimum atomic E-state index is -0.857. The van der Waals surface area contributed by atoms with Gasteiger partial charge in [0.1, 0.15) is 5.82 Å². The number of anilines is 1. The molecule has 0 aromatic carbocycles. The number of thiophene rings is 1. The van der Waals surface area contributed by atoms with Crippen LogP contribution in [0.4, 0.5) is 5.82 Å². The van der Waals surface area contributed by atoms with Crippen LogP contribution in [0.3, 0.4) is 0 Å². The summed E-state index contributed by atoms with van der Waals surface area (Å²) in [5.74, 6) is 0.0615. The van der Waals surface area contributed by atoms with E-state index < -0.39 is 5.97 Å². The fourth-order valence-corrected chi connectivity index (χ4v) is 3.29. The number of hydrogen-bond donors (Lipinski definition) is 1. The van der Waals surface area contributed by atoms with E-state index in [0.717, 1.165) is 43.4 Å². The highest BCUT2D eigenvalue weighted by Crippen LogP contribution is 2.19. The van der Waals surface area contributed by atoms with Crippen LogP contribution in [0.25, 0.3) is 0 Å². The first-order chi connectivity index (χ1) is 10.2. The van der Waals surface area contributed by atoms with E-state index >= 15 is 0 Å². The third-order valence-corrected chi connectivity index (χ3v) is 4.45. The van der Waals surface area contributed by atoms with Crippen molar-refractivity contribution in [2.45, 2.75) is 6.54 Å². The Hall–Kier alpha value is -1.99. The highest BCUT2D eigenvalue weighted by molar-refractivity contribution is 7.10. The molecular weight excluding hydrogens is 288 g/mol. The average molecular weight is 304 g/mol. The molecule has 1 aliphatic rings. The molecule has 0 aliphatic carbocycles. The first kappa shape index (κ1) is 14.0. The highest BCUT2D eigenvalue weighted by Gasteiger charge is 2.19. The molecule has 1 aliphatic heterocycles. The van der Waals surface area contributed by atoms with Gasteiger partial charge in [0.25, 0.3) is 0 Å². The minimum absolute atomic E-state index is 0.383. The lowest BCUT2D eigenvalue weighted by molar-refractivity contribution is 0.0697. The second-order valence-electron chi connectivity index (χ2n) is 4.93. The summed E-state index contributed by atoms with van der Waals surface area (Å²) in [5, 5.41) is 10.6. The van der Waals surface area contributed by atoms with Crippen molar-refractivity contribution in [3.63, 3.8) is 0 Å². The Morgan fingerprint density at radius 3 is 2.71 bits per heavy atom. The van der Waals surface area contributed by atoms with Crippen LogP contribution in [-0.2, 0) is 6.54 Å². The Labute approximate surface area is 126 Å². The van der Waals surface area contributed by atoms with Crippen LogP contribution in [0, 0.1) is 0 Å². The van der Waals surface area contributed by atoms with Gasteiger partial charge in [-0.1, -0.05) is 0 Å². The number of rotatable bonds is 4. The Kier molecular flexibility index (Phi) is 4.12. The highest BCUT2D eigenvalue weighted by atomic mass is 32.1. The first-order valence-electron chi connectivity index (χ1n) is 6.76. The Balaban J connectivity index is 1.55. The predicted octanol–water partition coefficient (Wildman–Crippen LogP) is 1.56. The van der Waals surface area contributed by atoms with Crippen molar-refractivity contribution in [3.8, 4) is 0 Å². The van der Waals surface area contributed by atoms with Gasteiger partial charge in [0.15, 0.2) is 0 Å². The van der Waals surface area contributed by atoms with Crippen molar-refractivity contribution >= 4 is 23.1 Å². The lowest BCUT2D eigenvalue weighted by atomic mass is 10.2. The van der Waals surface area contributed by atoms with Crippen LogP contribution < -0.4 is 4.90 Å². The van der Waals surface area contributed by atoms with E-state index in [1.165, 1.54) is 11.3 Å². The van der Waals surface area contributed by atoms with Crippen LogP contribution in [0.5, 0.6) is 0 Å². The van der Waals surface area contributed by atoms with Crippen molar-refractivity contribution < 1.29 is 9.90 Å². The zero-order valence-corrected chi connectivity index (χ0v) is 12.3. The van der Waals surface area contributed by atoms with Crippen LogP contribution in [0.2, 0.25) is 0 Å². The monoisotopic (exact) mass is 304 g/mol. The second kappa shape index (κ2) is 6.19. The molecule has 110 valence electrons. The molecule has 0 saturated carbocycles. The molecule has 0 spiro atoms. The summed E-state index contributed by atoms with van der Waals surface area (Å²) in [6.07, 6.45) is 5.17. The quantitative estimate of drug-likeness (QED) is 0.924. The Morgan fingerprint density at radius 1 is 1.29 bits per heavy atom. The molecule has 2 aromatic heterocycles.